The van der Waals surface area contributed by atoms with Gasteiger partial charge in [-0.25, -0.2) is 4.68 Å². The van der Waals surface area contributed by atoms with Crippen molar-refractivity contribution in [2.24, 2.45) is 0 Å². The van der Waals surface area contributed by atoms with Crippen LogP contribution >= 0.6 is 0 Å². The molecule has 0 aliphatic carbocycles. The van der Waals surface area contributed by atoms with E-state index in [9.17, 15) is 10.1 Å². The topological polar surface area (TPSA) is 73.0 Å². The third-order valence-electron chi connectivity index (χ3n) is 4.33. The summed E-state index contributed by atoms with van der Waals surface area (Å²) in [5, 5.41) is 19.4. The zero-order chi connectivity index (χ0) is 16.4. The maximum atomic E-state index is 11.1. The summed E-state index contributed by atoms with van der Waals surface area (Å²) < 4.78 is 1.87. The normalized spacial score (nSPS) is 14.0. The number of nitro groups is 1. The van der Waals surface area contributed by atoms with Crippen molar-refractivity contribution < 1.29 is 4.92 Å². The molecule has 1 aromatic heterocycles. The van der Waals surface area contributed by atoms with E-state index in [0.29, 0.717) is 0 Å². The summed E-state index contributed by atoms with van der Waals surface area (Å²) in [7, 11) is 0. The van der Waals surface area contributed by atoms with Crippen LogP contribution in [0.1, 0.15) is 43.0 Å². The number of nitro benzene ring substituents is 1. The summed E-state index contributed by atoms with van der Waals surface area (Å²) in [6.07, 6.45) is 5.28. The molecule has 0 fully saturated rings. The van der Waals surface area contributed by atoms with Gasteiger partial charge in [-0.1, -0.05) is 19.4 Å². The predicted octanol–water partition coefficient (Wildman–Crippen LogP) is 3.79. The average Bonchev–Trinajstić information content (AvgIpc) is 2.72. The van der Waals surface area contributed by atoms with E-state index in [-0.39, 0.29) is 10.6 Å². The third-order valence-corrected chi connectivity index (χ3v) is 4.33. The van der Waals surface area contributed by atoms with Crippen molar-refractivity contribution in [2.75, 3.05) is 11.9 Å². The van der Waals surface area contributed by atoms with Crippen LogP contribution in [-0.2, 0) is 12.8 Å². The maximum absolute atomic E-state index is 11.1. The quantitative estimate of drug-likeness (QED) is 0.688. The number of rotatable bonds is 4. The molecule has 0 saturated carbocycles. The van der Waals surface area contributed by atoms with Crippen molar-refractivity contribution in [1.82, 2.24) is 9.78 Å². The van der Waals surface area contributed by atoms with Crippen molar-refractivity contribution in [1.29, 1.82) is 0 Å². The van der Waals surface area contributed by atoms with Crippen molar-refractivity contribution in [3.05, 3.63) is 45.1 Å². The van der Waals surface area contributed by atoms with Gasteiger partial charge < -0.3 is 5.32 Å². The van der Waals surface area contributed by atoms with Crippen LogP contribution in [0.5, 0.6) is 0 Å². The first-order valence-corrected chi connectivity index (χ1v) is 8.22. The number of nitrogens with one attached hydrogen (secondary N) is 1. The van der Waals surface area contributed by atoms with Crippen LogP contribution in [0.3, 0.4) is 0 Å². The number of hydrogen-bond acceptors (Lipinski definition) is 4. The molecule has 3 rings (SSSR count). The molecule has 1 aliphatic rings. The van der Waals surface area contributed by atoms with Gasteiger partial charge in [-0.2, -0.15) is 5.10 Å². The van der Waals surface area contributed by atoms with Gasteiger partial charge in [-0.3, -0.25) is 10.1 Å². The Kier molecular flexibility index (Phi) is 4.32. The van der Waals surface area contributed by atoms with Gasteiger partial charge in [-0.05, 0) is 38.2 Å². The Bertz CT molecular complexity index is 736. The molecule has 0 radical (unpaired) electrons. The molecule has 0 bridgehead atoms. The standard InChI is InChI=1S/C17H22N4O2/c1-3-6-15-14-7-4-5-10-18-17(14)20(19-15)16-11-13(21(22)23)9-8-12(16)2/h8-9,11,18H,3-7,10H2,1-2H3. The van der Waals surface area contributed by atoms with Crippen molar-refractivity contribution in [2.45, 2.75) is 46.0 Å². The van der Waals surface area contributed by atoms with Crippen LogP contribution in [0.25, 0.3) is 5.69 Å². The number of aromatic nitrogens is 2. The van der Waals surface area contributed by atoms with Crippen LogP contribution in [0.4, 0.5) is 11.5 Å². The molecule has 1 aromatic carbocycles. The van der Waals surface area contributed by atoms with Crippen molar-refractivity contribution in [3.63, 3.8) is 0 Å². The van der Waals surface area contributed by atoms with E-state index >= 15 is 0 Å². The van der Waals surface area contributed by atoms with E-state index in [1.54, 1.807) is 18.2 Å². The van der Waals surface area contributed by atoms with Gasteiger partial charge in [0.1, 0.15) is 5.82 Å². The number of anilines is 1. The lowest BCUT2D eigenvalue weighted by atomic mass is 10.1. The lowest BCUT2D eigenvalue weighted by molar-refractivity contribution is -0.384. The average molecular weight is 314 g/mol. The molecule has 122 valence electrons. The summed E-state index contributed by atoms with van der Waals surface area (Å²) in [5.74, 6) is 1.01. The first kappa shape index (κ1) is 15.5. The number of nitrogens with zero attached hydrogens (tertiary/aromatic N) is 3. The van der Waals surface area contributed by atoms with Crippen molar-refractivity contribution >= 4 is 11.5 Å². The number of non-ortho nitro benzene ring substituents is 1. The molecule has 2 heterocycles. The van der Waals surface area contributed by atoms with E-state index in [1.807, 2.05) is 11.6 Å². The minimum atomic E-state index is -0.356. The fraction of sp³-hybridized carbons (Fsp3) is 0.471. The van der Waals surface area contributed by atoms with Gasteiger partial charge in [0.15, 0.2) is 0 Å². The maximum Gasteiger partial charge on any atom is 0.271 e. The van der Waals surface area contributed by atoms with Gasteiger partial charge in [0.05, 0.1) is 16.3 Å². The molecule has 0 saturated heterocycles. The second-order valence-electron chi connectivity index (χ2n) is 6.05. The fourth-order valence-electron chi connectivity index (χ4n) is 3.12. The van der Waals surface area contributed by atoms with Crippen LogP contribution in [0.15, 0.2) is 18.2 Å². The molecule has 2 aromatic rings. The summed E-state index contributed by atoms with van der Waals surface area (Å²) in [5.41, 5.74) is 4.25. The molecule has 6 heteroatoms. The highest BCUT2D eigenvalue weighted by atomic mass is 16.6. The lowest BCUT2D eigenvalue weighted by Gasteiger charge is -2.11. The van der Waals surface area contributed by atoms with Gasteiger partial charge in [-0.15, -0.1) is 0 Å². The summed E-state index contributed by atoms with van der Waals surface area (Å²) in [4.78, 5) is 10.8. The molecule has 0 spiro atoms. The van der Waals surface area contributed by atoms with E-state index in [1.165, 1.54) is 5.56 Å². The van der Waals surface area contributed by atoms with Crippen LogP contribution in [-0.4, -0.2) is 21.2 Å². The highest BCUT2D eigenvalue weighted by molar-refractivity contribution is 5.58. The zero-order valence-corrected chi connectivity index (χ0v) is 13.6. The van der Waals surface area contributed by atoms with Gasteiger partial charge in [0.25, 0.3) is 5.69 Å². The Labute approximate surface area is 135 Å². The molecule has 6 nitrogen and oxygen atoms in total. The van der Waals surface area contributed by atoms with Gasteiger partial charge in [0.2, 0.25) is 0 Å². The van der Waals surface area contributed by atoms with Crippen LogP contribution < -0.4 is 5.32 Å². The first-order chi connectivity index (χ1) is 11.1. The minimum absolute atomic E-state index is 0.0977. The van der Waals surface area contributed by atoms with Crippen LogP contribution in [0, 0.1) is 17.0 Å². The number of hydrogen-bond donors (Lipinski definition) is 1. The Balaban J connectivity index is 2.16. The summed E-state index contributed by atoms with van der Waals surface area (Å²) in [6, 6.07) is 4.95. The van der Waals surface area contributed by atoms with E-state index in [4.69, 9.17) is 5.10 Å². The van der Waals surface area contributed by atoms with Gasteiger partial charge >= 0.3 is 0 Å². The molecule has 1 aliphatic heterocycles. The molecule has 1 N–H and O–H groups in total. The number of benzene rings is 1. The van der Waals surface area contributed by atoms with E-state index in [0.717, 1.165) is 61.4 Å². The Hall–Kier alpha value is -2.37. The monoisotopic (exact) mass is 314 g/mol. The molecule has 23 heavy (non-hydrogen) atoms. The molecule has 0 amide bonds. The van der Waals surface area contributed by atoms with Crippen molar-refractivity contribution in [3.8, 4) is 5.69 Å². The first-order valence-electron chi connectivity index (χ1n) is 8.22. The highest BCUT2D eigenvalue weighted by Crippen LogP contribution is 2.31. The lowest BCUT2D eigenvalue weighted by Crippen LogP contribution is -2.08. The van der Waals surface area contributed by atoms with E-state index < -0.39 is 0 Å². The minimum Gasteiger partial charge on any atom is -0.370 e. The Morgan fingerprint density at radius 2 is 2.22 bits per heavy atom. The largest absolute Gasteiger partial charge is 0.370 e. The Morgan fingerprint density at radius 1 is 1.39 bits per heavy atom. The second kappa shape index (κ2) is 6.40. The SMILES string of the molecule is CCCc1nn(-c2cc([N+](=O)[O-])ccc2C)c2c1CCCCN2. The summed E-state index contributed by atoms with van der Waals surface area (Å²) in [6.45, 7) is 5.02. The predicted molar refractivity (Wildman–Crippen MR) is 90.4 cm³/mol. The fourth-order valence-corrected chi connectivity index (χ4v) is 3.12. The molecular formula is C17H22N4O2. The highest BCUT2D eigenvalue weighted by Gasteiger charge is 2.22. The van der Waals surface area contributed by atoms with Crippen LogP contribution in [0.2, 0.25) is 0 Å². The zero-order valence-electron chi connectivity index (χ0n) is 13.6. The van der Waals surface area contributed by atoms with E-state index in [2.05, 4.69) is 12.2 Å². The smallest absolute Gasteiger partial charge is 0.271 e. The molecule has 0 unspecified atom stereocenters. The molecular weight excluding hydrogens is 292 g/mol. The Morgan fingerprint density at radius 3 is 2.96 bits per heavy atom. The second-order valence-corrected chi connectivity index (χ2v) is 6.05. The third kappa shape index (κ3) is 2.93. The summed E-state index contributed by atoms with van der Waals surface area (Å²) >= 11 is 0. The van der Waals surface area contributed by atoms with Gasteiger partial charge in [0, 0.05) is 24.2 Å². The number of aryl methyl sites for hydroxylation is 2. The molecule has 0 atom stereocenters. The number of fused-ring (bicyclic) bond motifs is 1.